The first-order valence-electron chi connectivity index (χ1n) is 9.98. The molecule has 1 heterocycles. The molecule has 0 spiro atoms. The lowest BCUT2D eigenvalue weighted by molar-refractivity contribution is -0.147. The van der Waals surface area contributed by atoms with Crippen molar-refractivity contribution in [2.24, 2.45) is 5.41 Å². The summed E-state index contributed by atoms with van der Waals surface area (Å²) in [5.74, 6) is -1.35. The number of nitrogens with one attached hydrogen (secondary N) is 2. The number of rotatable bonds is 8. The van der Waals surface area contributed by atoms with Gasteiger partial charge in [0.1, 0.15) is 0 Å². The Morgan fingerprint density at radius 3 is 2.29 bits per heavy atom. The molecule has 160 valence electrons. The molecule has 0 fully saturated rings. The summed E-state index contributed by atoms with van der Waals surface area (Å²) < 4.78 is 0. The van der Waals surface area contributed by atoms with E-state index in [0.717, 1.165) is 16.7 Å². The highest BCUT2D eigenvalue weighted by Crippen LogP contribution is 2.25. The molecule has 7 heteroatoms. The van der Waals surface area contributed by atoms with E-state index in [1.54, 1.807) is 13.8 Å². The quantitative estimate of drug-likeness (QED) is 0.519. The van der Waals surface area contributed by atoms with Crippen molar-refractivity contribution >= 4 is 11.9 Å². The minimum absolute atomic E-state index is 0.206. The van der Waals surface area contributed by atoms with Crippen molar-refractivity contribution in [3.63, 3.8) is 0 Å². The number of aromatic amines is 1. The Labute approximate surface area is 180 Å². The third-order valence-electron chi connectivity index (χ3n) is 5.15. The van der Waals surface area contributed by atoms with Gasteiger partial charge in [0.25, 0.3) is 5.91 Å². The van der Waals surface area contributed by atoms with Gasteiger partial charge in [-0.2, -0.15) is 0 Å². The van der Waals surface area contributed by atoms with Crippen molar-refractivity contribution in [1.82, 2.24) is 15.3 Å². The number of carbonyl (C=O) groups excluding carboxylic acids is 1. The molecule has 0 aliphatic carbocycles. The second-order valence-electron chi connectivity index (χ2n) is 8.14. The number of benzene rings is 2. The normalized spacial score (nSPS) is 12.2. The van der Waals surface area contributed by atoms with E-state index >= 15 is 0 Å². The third-order valence-corrected chi connectivity index (χ3v) is 5.15. The topological polar surface area (TPSA) is 112 Å². The molecule has 3 rings (SSSR count). The maximum Gasteiger partial charge on any atom is 0.344 e. The first kappa shape index (κ1) is 22.0. The molecule has 1 unspecified atom stereocenters. The van der Waals surface area contributed by atoms with Crippen LogP contribution in [-0.4, -0.2) is 33.0 Å². The van der Waals surface area contributed by atoms with Crippen molar-refractivity contribution in [3.05, 3.63) is 88.6 Å². The fraction of sp³-hybridized carbons (Fsp3) is 0.250. The second-order valence-corrected chi connectivity index (χ2v) is 8.14. The first-order valence-corrected chi connectivity index (χ1v) is 9.98. The molecule has 1 aromatic heterocycles. The number of hydrogen-bond donors (Lipinski definition) is 3. The smallest absolute Gasteiger partial charge is 0.344 e. The van der Waals surface area contributed by atoms with Gasteiger partial charge in [-0.05, 0) is 43.4 Å². The highest BCUT2D eigenvalue weighted by atomic mass is 16.4. The van der Waals surface area contributed by atoms with Crippen LogP contribution >= 0.6 is 0 Å². The Morgan fingerprint density at radius 2 is 1.71 bits per heavy atom. The van der Waals surface area contributed by atoms with Gasteiger partial charge in [0, 0.05) is 18.4 Å². The van der Waals surface area contributed by atoms with Gasteiger partial charge in [-0.25, -0.2) is 9.78 Å². The van der Waals surface area contributed by atoms with Crippen LogP contribution in [-0.2, 0) is 11.2 Å². The number of H-pyrrole nitrogens is 1. The zero-order valence-corrected chi connectivity index (χ0v) is 17.5. The summed E-state index contributed by atoms with van der Waals surface area (Å²) in [7, 11) is 0. The fourth-order valence-corrected chi connectivity index (χ4v) is 3.36. The molecule has 3 N–H and O–H groups in total. The molecular weight excluding hydrogens is 394 g/mol. The Hall–Kier alpha value is -3.74. The van der Waals surface area contributed by atoms with Crippen molar-refractivity contribution in [1.29, 1.82) is 0 Å². The maximum atomic E-state index is 12.6. The zero-order chi connectivity index (χ0) is 22.4. The van der Waals surface area contributed by atoms with Crippen molar-refractivity contribution in [2.45, 2.75) is 32.7 Å². The maximum absolute atomic E-state index is 12.6. The first-order chi connectivity index (χ1) is 14.7. The molecule has 0 bridgehead atoms. The van der Waals surface area contributed by atoms with E-state index in [-0.39, 0.29) is 12.0 Å². The van der Waals surface area contributed by atoms with Crippen molar-refractivity contribution in [2.75, 3.05) is 0 Å². The third kappa shape index (κ3) is 5.88. The SMILES string of the molecule is CC(C)(CC(Cc1ccc(-c2ccccc2)cc1)NC(=O)c1cnc(=O)[nH]c1)C(=O)O. The molecule has 2 aromatic carbocycles. The van der Waals surface area contributed by atoms with E-state index in [0.29, 0.717) is 6.42 Å². The number of hydrogen-bond acceptors (Lipinski definition) is 4. The van der Waals surface area contributed by atoms with Crippen LogP contribution in [0.4, 0.5) is 0 Å². The number of carboxylic acids is 1. The van der Waals surface area contributed by atoms with Gasteiger partial charge in [0.05, 0.1) is 11.0 Å². The molecule has 0 saturated heterocycles. The van der Waals surface area contributed by atoms with E-state index in [1.807, 2.05) is 54.6 Å². The van der Waals surface area contributed by atoms with Gasteiger partial charge in [-0.15, -0.1) is 0 Å². The van der Waals surface area contributed by atoms with Gasteiger partial charge in [0.2, 0.25) is 0 Å². The number of aromatic nitrogens is 2. The highest BCUT2D eigenvalue weighted by Gasteiger charge is 2.31. The fourth-order valence-electron chi connectivity index (χ4n) is 3.36. The molecule has 0 radical (unpaired) electrons. The van der Waals surface area contributed by atoms with Gasteiger partial charge in [0.15, 0.2) is 0 Å². The number of aliphatic carboxylic acids is 1. The van der Waals surface area contributed by atoms with Gasteiger partial charge in [-0.3, -0.25) is 9.59 Å². The van der Waals surface area contributed by atoms with Gasteiger partial charge >= 0.3 is 11.7 Å². The monoisotopic (exact) mass is 419 g/mol. The minimum atomic E-state index is -1.02. The zero-order valence-electron chi connectivity index (χ0n) is 17.5. The number of carboxylic acid groups (broad SMARTS) is 1. The molecule has 31 heavy (non-hydrogen) atoms. The summed E-state index contributed by atoms with van der Waals surface area (Å²) in [6.45, 7) is 3.27. The van der Waals surface area contributed by atoms with Crippen LogP contribution < -0.4 is 11.0 Å². The van der Waals surface area contributed by atoms with Crippen LogP contribution in [0.25, 0.3) is 11.1 Å². The van der Waals surface area contributed by atoms with Crippen LogP contribution in [0.1, 0.15) is 36.2 Å². The highest BCUT2D eigenvalue weighted by molar-refractivity contribution is 5.93. The Balaban J connectivity index is 1.78. The number of amides is 1. The molecular formula is C24H25N3O4. The summed E-state index contributed by atoms with van der Waals surface area (Å²) in [6, 6.07) is 17.6. The number of carbonyl (C=O) groups is 2. The molecule has 1 atom stereocenters. The summed E-state index contributed by atoms with van der Waals surface area (Å²) in [5.41, 5.74) is 1.80. The summed E-state index contributed by atoms with van der Waals surface area (Å²) in [4.78, 5) is 41.3. The molecule has 0 aliphatic rings. The van der Waals surface area contributed by atoms with Crippen LogP contribution in [0.2, 0.25) is 0 Å². The van der Waals surface area contributed by atoms with Crippen LogP contribution in [0.5, 0.6) is 0 Å². The van der Waals surface area contributed by atoms with E-state index in [1.165, 1.54) is 12.4 Å². The number of nitrogens with zero attached hydrogens (tertiary/aromatic N) is 1. The lowest BCUT2D eigenvalue weighted by atomic mass is 9.83. The predicted octanol–water partition coefficient (Wildman–Crippen LogP) is 3.28. The van der Waals surface area contributed by atoms with E-state index in [2.05, 4.69) is 15.3 Å². The lowest BCUT2D eigenvalue weighted by Gasteiger charge is -2.27. The Bertz CT molecular complexity index is 1090. The average Bonchev–Trinajstić information content (AvgIpc) is 2.75. The Morgan fingerprint density at radius 1 is 1.06 bits per heavy atom. The molecule has 0 aliphatic heterocycles. The molecule has 0 saturated carbocycles. The van der Waals surface area contributed by atoms with Crippen LogP contribution in [0.3, 0.4) is 0 Å². The van der Waals surface area contributed by atoms with E-state index < -0.39 is 29.0 Å². The summed E-state index contributed by atoms with van der Waals surface area (Å²) in [5, 5.41) is 12.4. The van der Waals surface area contributed by atoms with Gasteiger partial charge < -0.3 is 15.4 Å². The summed E-state index contributed by atoms with van der Waals surface area (Å²) >= 11 is 0. The van der Waals surface area contributed by atoms with Crippen molar-refractivity contribution in [3.8, 4) is 11.1 Å². The lowest BCUT2D eigenvalue weighted by Crippen LogP contribution is -2.41. The van der Waals surface area contributed by atoms with Crippen LogP contribution in [0.15, 0.2) is 71.8 Å². The molecule has 7 nitrogen and oxygen atoms in total. The standard InChI is InChI=1S/C24H25N3O4/c1-24(2,22(29)30)13-20(27-21(28)19-14-25-23(31)26-15-19)12-16-8-10-18(11-9-16)17-6-4-3-5-7-17/h3-11,14-15,20H,12-13H2,1-2H3,(H,27,28)(H,29,30)(H,25,26,31). The molecule has 1 amide bonds. The second kappa shape index (κ2) is 9.38. The molecule has 3 aromatic rings. The van der Waals surface area contributed by atoms with Gasteiger partial charge in [-0.1, -0.05) is 54.6 Å². The average molecular weight is 419 g/mol. The van der Waals surface area contributed by atoms with E-state index in [4.69, 9.17) is 0 Å². The Kier molecular flexibility index (Phi) is 6.65. The van der Waals surface area contributed by atoms with Crippen molar-refractivity contribution < 1.29 is 14.7 Å². The van der Waals surface area contributed by atoms with Crippen LogP contribution in [0, 0.1) is 5.41 Å². The largest absolute Gasteiger partial charge is 0.481 e. The van der Waals surface area contributed by atoms with E-state index in [9.17, 15) is 19.5 Å². The minimum Gasteiger partial charge on any atom is -0.481 e. The predicted molar refractivity (Wildman–Crippen MR) is 118 cm³/mol. The summed E-state index contributed by atoms with van der Waals surface area (Å²) in [6.07, 6.45) is 3.19.